The van der Waals surface area contributed by atoms with E-state index in [0.29, 0.717) is 24.6 Å². The van der Waals surface area contributed by atoms with Gasteiger partial charge in [0.15, 0.2) is 5.76 Å². The Morgan fingerprint density at radius 2 is 2.00 bits per heavy atom. The number of carboxylic acid groups (broad SMARTS) is 2. The van der Waals surface area contributed by atoms with E-state index in [1.807, 2.05) is 0 Å². The highest BCUT2D eigenvalue weighted by molar-refractivity contribution is 5.78. The smallest absolute Gasteiger partial charge is 0.326 e. The molecule has 2 atom stereocenters. The fraction of sp³-hybridized carbons (Fsp3) is 0.444. The number of nitrogens with two attached hydrogens (primary N) is 1. The molecule has 0 aromatic carbocycles. The predicted octanol–water partition coefficient (Wildman–Crippen LogP) is 0.238. The molecule has 0 radical (unpaired) electrons. The first-order valence-corrected chi connectivity index (χ1v) is 9.84. The van der Waals surface area contributed by atoms with Crippen molar-refractivity contribution in [2.45, 2.75) is 37.8 Å². The fourth-order valence-corrected chi connectivity index (χ4v) is 3.59. The Morgan fingerprint density at radius 3 is 2.61 bits per heavy atom. The van der Waals surface area contributed by atoms with E-state index >= 15 is 0 Å². The fourth-order valence-electron chi connectivity index (χ4n) is 3.59. The maximum Gasteiger partial charge on any atom is 0.326 e. The Hall–Kier alpha value is -3.74. The van der Waals surface area contributed by atoms with Crippen molar-refractivity contribution in [3.63, 3.8) is 0 Å². The number of anilines is 2. The Labute approximate surface area is 175 Å². The highest BCUT2D eigenvalue weighted by Crippen LogP contribution is 2.24. The summed E-state index contributed by atoms with van der Waals surface area (Å²) in [6, 6.07) is 2.53. The Kier molecular flexibility index (Phi) is 5.66. The van der Waals surface area contributed by atoms with Crippen molar-refractivity contribution in [2.75, 3.05) is 23.7 Å². The third-order valence-electron chi connectivity index (χ3n) is 5.12. The molecule has 13 nitrogen and oxygen atoms in total. The number of aliphatic carboxylic acids is 2. The minimum absolute atomic E-state index is 0.0892. The minimum atomic E-state index is -0.901. The lowest BCUT2D eigenvalue weighted by Gasteiger charge is -2.21. The Balaban J connectivity index is 0.000000245. The van der Waals surface area contributed by atoms with Gasteiger partial charge in [-0.05, 0) is 44.4 Å². The average Bonchev–Trinajstić information content (AvgIpc) is 3.55. The van der Waals surface area contributed by atoms with E-state index in [1.54, 1.807) is 17.0 Å². The van der Waals surface area contributed by atoms with Crippen molar-refractivity contribution < 1.29 is 24.2 Å². The van der Waals surface area contributed by atoms with Crippen LogP contribution in [0.4, 0.5) is 11.9 Å². The van der Waals surface area contributed by atoms with Gasteiger partial charge in [-0.15, -0.1) is 5.10 Å². The summed E-state index contributed by atoms with van der Waals surface area (Å²) in [4.78, 5) is 35.8. The number of carbonyl (C=O) groups is 2. The van der Waals surface area contributed by atoms with Gasteiger partial charge in [-0.3, -0.25) is 4.79 Å². The molecule has 0 bridgehead atoms. The molecule has 0 unspecified atom stereocenters. The summed E-state index contributed by atoms with van der Waals surface area (Å²) in [6.45, 7) is 1.42. The lowest BCUT2D eigenvalue weighted by atomic mass is 10.2. The van der Waals surface area contributed by atoms with Crippen molar-refractivity contribution >= 4 is 29.6 Å². The van der Waals surface area contributed by atoms with Crippen LogP contribution in [0.25, 0.3) is 17.4 Å². The van der Waals surface area contributed by atoms with Crippen LogP contribution in [0.2, 0.25) is 0 Å². The molecule has 2 aliphatic rings. The molecule has 3 aromatic heterocycles. The van der Waals surface area contributed by atoms with Crippen molar-refractivity contribution in [3.05, 3.63) is 18.4 Å². The maximum absolute atomic E-state index is 11.3. The molecule has 3 aromatic rings. The molecule has 2 saturated heterocycles. The second-order valence-corrected chi connectivity index (χ2v) is 7.18. The van der Waals surface area contributed by atoms with Crippen LogP contribution in [0.5, 0.6) is 0 Å². The SMILES string of the molecule is Nc1nc(N2CCC[C@H]2C(=O)O)nc2nc(-c3ccco3)nn12.O=C(O)[C@@H]1CCCN1. The molecule has 0 amide bonds. The molecule has 5 N–H and O–H groups in total. The number of furan rings is 1. The first-order valence-electron chi connectivity index (χ1n) is 9.84. The van der Waals surface area contributed by atoms with Crippen LogP contribution in [0, 0.1) is 0 Å². The van der Waals surface area contributed by atoms with Crippen molar-refractivity contribution in [1.82, 2.24) is 29.9 Å². The van der Waals surface area contributed by atoms with Gasteiger partial charge >= 0.3 is 11.9 Å². The van der Waals surface area contributed by atoms with Crippen LogP contribution < -0.4 is 16.0 Å². The largest absolute Gasteiger partial charge is 0.480 e. The van der Waals surface area contributed by atoms with E-state index in [1.165, 1.54) is 10.8 Å². The number of carboxylic acids is 2. The molecule has 13 heteroatoms. The monoisotopic (exact) mass is 430 g/mol. The summed E-state index contributed by atoms with van der Waals surface area (Å²) in [6.07, 6.45) is 4.61. The van der Waals surface area contributed by atoms with Crippen LogP contribution >= 0.6 is 0 Å². The zero-order chi connectivity index (χ0) is 22.0. The second-order valence-electron chi connectivity index (χ2n) is 7.18. The van der Waals surface area contributed by atoms with Gasteiger partial charge in [0, 0.05) is 6.54 Å². The Morgan fingerprint density at radius 1 is 1.16 bits per heavy atom. The third-order valence-corrected chi connectivity index (χ3v) is 5.12. The second kappa shape index (κ2) is 8.55. The third kappa shape index (κ3) is 4.26. The standard InChI is InChI=1S/C13H13N7O3.C5H9NO2/c14-11-16-12(19-5-1-3-7(19)10(21)22)17-13-15-9(18-20(11)13)8-4-2-6-23-8;7-5(8)4-2-1-3-6-4/h2,4,6-7H,1,3,5H2,(H,21,22)(H2,14,15,16,17,18);4,6H,1-3H2,(H,7,8)/t7-;4-/m00/s1. The van der Waals surface area contributed by atoms with E-state index < -0.39 is 18.0 Å². The van der Waals surface area contributed by atoms with Crippen molar-refractivity contribution in [3.8, 4) is 11.6 Å². The molecule has 0 aliphatic carbocycles. The molecule has 2 aliphatic heterocycles. The van der Waals surface area contributed by atoms with Crippen molar-refractivity contribution in [2.24, 2.45) is 0 Å². The van der Waals surface area contributed by atoms with Gasteiger partial charge in [-0.2, -0.15) is 19.5 Å². The van der Waals surface area contributed by atoms with Crippen LogP contribution in [-0.4, -0.2) is 71.9 Å². The maximum atomic E-state index is 11.3. The van der Waals surface area contributed by atoms with Crippen LogP contribution in [0.1, 0.15) is 25.7 Å². The first-order chi connectivity index (χ1) is 14.9. The zero-order valence-electron chi connectivity index (χ0n) is 16.5. The van der Waals surface area contributed by atoms with Gasteiger partial charge in [0.1, 0.15) is 12.1 Å². The summed E-state index contributed by atoms with van der Waals surface area (Å²) < 4.78 is 6.55. The lowest BCUT2D eigenvalue weighted by molar-refractivity contribution is -0.139. The zero-order valence-corrected chi connectivity index (χ0v) is 16.5. The molecule has 5 rings (SSSR count). The number of hydrogen-bond acceptors (Lipinski definition) is 10. The number of aromatic nitrogens is 5. The van der Waals surface area contributed by atoms with Gasteiger partial charge in [0.2, 0.25) is 17.7 Å². The van der Waals surface area contributed by atoms with Crippen LogP contribution in [0.15, 0.2) is 22.8 Å². The van der Waals surface area contributed by atoms with Gasteiger partial charge in [0.05, 0.1) is 6.26 Å². The van der Waals surface area contributed by atoms with Gasteiger partial charge < -0.3 is 30.6 Å². The van der Waals surface area contributed by atoms with E-state index in [0.717, 1.165) is 25.8 Å². The predicted molar refractivity (Wildman–Crippen MR) is 107 cm³/mol. The minimum Gasteiger partial charge on any atom is -0.480 e. The quantitative estimate of drug-likeness (QED) is 0.442. The van der Waals surface area contributed by atoms with E-state index in [-0.39, 0.29) is 23.7 Å². The summed E-state index contributed by atoms with van der Waals surface area (Å²) in [7, 11) is 0. The van der Waals surface area contributed by atoms with Crippen molar-refractivity contribution in [1.29, 1.82) is 0 Å². The van der Waals surface area contributed by atoms with E-state index in [2.05, 4.69) is 25.4 Å². The number of fused-ring (bicyclic) bond motifs is 1. The van der Waals surface area contributed by atoms with Crippen LogP contribution in [0.3, 0.4) is 0 Å². The highest BCUT2D eigenvalue weighted by atomic mass is 16.4. The first kappa shape index (κ1) is 20.5. The molecule has 164 valence electrons. The number of nitrogen functional groups attached to an aromatic ring is 1. The molecular formula is C18H22N8O5. The molecule has 0 spiro atoms. The van der Waals surface area contributed by atoms with E-state index in [4.69, 9.17) is 15.3 Å². The Bertz CT molecular complexity index is 1080. The summed E-state index contributed by atoms with van der Waals surface area (Å²) >= 11 is 0. The topological polar surface area (TPSA) is 185 Å². The number of rotatable bonds is 4. The summed E-state index contributed by atoms with van der Waals surface area (Å²) in [5.41, 5.74) is 5.92. The van der Waals surface area contributed by atoms with E-state index in [9.17, 15) is 14.7 Å². The molecule has 5 heterocycles. The number of nitrogens with one attached hydrogen (secondary N) is 1. The van der Waals surface area contributed by atoms with Gasteiger partial charge in [-0.25, -0.2) is 4.79 Å². The number of hydrogen-bond donors (Lipinski definition) is 4. The number of nitrogens with zero attached hydrogens (tertiary/aromatic N) is 6. The molecular weight excluding hydrogens is 408 g/mol. The average molecular weight is 430 g/mol. The normalized spacial score (nSPS) is 20.6. The van der Waals surface area contributed by atoms with Gasteiger partial charge in [0.25, 0.3) is 5.78 Å². The summed E-state index contributed by atoms with van der Waals surface area (Å²) in [5.74, 6) is -0.213. The highest BCUT2D eigenvalue weighted by Gasteiger charge is 2.33. The molecule has 0 saturated carbocycles. The van der Waals surface area contributed by atoms with Crippen LogP contribution in [-0.2, 0) is 9.59 Å². The summed E-state index contributed by atoms with van der Waals surface area (Å²) in [5, 5.41) is 24.7. The molecule has 2 fully saturated rings. The molecule has 31 heavy (non-hydrogen) atoms. The van der Waals surface area contributed by atoms with Gasteiger partial charge in [-0.1, -0.05) is 0 Å². The lowest BCUT2D eigenvalue weighted by Crippen LogP contribution is -2.37.